The van der Waals surface area contributed by atoms with Crippen molar-refractivity contribution in [1.82, 2.24) is 9.97 Å². The number of nitriles is 1. The highest BCUT2D eigenvalue weighted by Gasteiger charge is 2.09. The number of halogens is 1. The molecular weight excluding hydrogens is 395 g/mol. The first kappa shape index (κ1) is 19.9. The molecule has 0 aliphatic rings. The van der Waals surface area contributed by atoms with Gasteiger partial charge >= 0.3 is 0 Å². The number of allylic oxidation sites excluding steroid dienone is 1. The van der Waals surface area contributed by atoms with Crippen molar-refractivity contribution in [2.45, 2.75) is 0 Å². The molecule has 152 valence electrons. The number of fused-ring (bicyclic) bond motifs is 1. The minimum Gasteiger partial charge on any atom is -0.484 e. The van der Waals surface area contributed by atoms with Crippen LogP contribution in [0.5, 0.6) is 5.75 Å². The third kappa shape index (κ3) is 4.95. The van der Waals surface area contributed by atoms with Crippen LogP contribution in [-0.4, -0.2) is 22.5 Å². The van der Waals surface area contributed by atoms with Gasteiger partial charge in [0, 0.05) is 5.69 Å². The van der Waals surface area contributed by atoms with E-state index in [1.165, 1.54) is 12.1 Å². The highest BCUT2D eigenvalue weighted by Crippen LogP contribution is 2.21. The molecule has 1 amide bonds. The van der Waals surface area contributed by atoms with Gasteiger partial charge in [-0.25, -0.2) is 9.37 Å². The summed E-state index contributed by atoms with van der Waals surface area (Å²) < 4.78 is 18.9. The van der Waals surface area contributed by atoms with Crippen LogP contribution >= 0.6 is 0 Å². The maximum Gasteiger partial charge on any atom is 0.262 e. The minimum atomic E-state index is -0.377. The van der Waals surface area contributed by atoms with Crippen molar-refractivity contribution in [2.75, 3.05) is 11.9 Å². The second-order valence-electron chi connectivity index (χ2n) is 6.69. The number of aromatic amines is 1. The summed E-state index contributed by atoms with van der Waals surface area (Å²) in [5, 5.41) is 12.3. The Morgan fingerprint density at radius 2 is 1.90 bits per heavy atom. The number of imidazole rings is 1. The molecule has 0 radical (unpaired) electrons. The first-order valence-electron chi connectivity index (χ1n) is 9.46. The lowest BCUT2D eigenvalue weighted by Crippen LogP contribution is -2.20. The number of nitrogens with one attached hydrogen (secondary N) is 2. The number of carbonyl (C=O) groups is 1. The van der Waals surface area contributed by atoms with Crippen molar-refractivity contribution < 1.29 is 13.9 Å². The number of H-pyrrole nitrogens is 1. The number of para-hydroxylation sites is 1. The van der Waals surface area contributed by atoms with E-state index in [-0.39, 0.29) is 18.3 Å². The number of anilines is 1. The standard InChI is InChI=1S/C24H17FN4O2/c25-18-8-11-21-22(13-18)29-24(28-21)17(14-26)12-16-6-9-20(10-7-16)31-15-23(30)27-19-4-2-1-3-5-19/h1-13H,15H2,(H,27,30)(H,28,29)/b17-12-. The molecule has 0 aliphatic carbocycles. The number of hydrogen-bond acceptors (Lipinski definition) is 4. The summed E-state index contributed by atoms with van der Waals surface area (Å²) in [6.45, 7) is -0.122. The monoisotopic (exact) mass is 412 g/mol. The third-order valence-corrected chi connectivity index (χ3v) is 4.44. The van der Waals surface area contributed by atoms with E-state index in [1.807, 2.05) is 18.2 Å². The highest BCUT2D eigenvalue weighted by atomic mass is 19.1. The van der Waals surface area contributed by atoms with Crippen molar-refractivity contribution in [3.8, 4) is 11.8 Å². The number of rotatable bonds is 6. The average molecular weight is 412 g/mol. The minimum absolute atomic E-state index is 0.122. The van der Waals surface area contributed by atoms with Crippen molar-refractivity contribution in [3.63, 3.8) is 0 Å². The molecule has 7 heteroatoms. The van der Waals surface area contributed by atoms with E-state index in [4.69, 9.17) is 4.74 Å². The smallest absolute Gasteiger partial charge is 0.262 e. The Hall–Kier alpha value is -4.44. The van der Waals surface area contributed by atoms with Crippen molar-refractivity contribution >= 4 is 34.3 Å². The third-order valence-electron chi connectivity index (χ3n) is 4.44. The fourth-order valence-electron chi connectivity index (χ4n) is 2.96. The molecule has 31 heavy (non-hydrogen) atoms. The quantitative estimate of drug-likeness (QED) is 0.446. The number of benzene rings is 3. The highest BCUT2D eigenvalue weighted by molar-refractivity contribution is 5.92. The molecule has 6 nitrogen and oxygen atoms in total. The summed E-state index contributed by atoms with van der Waals surface area (Å²) in [7, 11) is 0. The summed E-state index contributed by atoms with van der Waals surface area (Å²) >= 11 is 0. The van der Waals surface area contributed by atoms with Gasteiger partial charge < -0.3 is 15.0 Å². The van der Waals surface area contributed by atoms with Crippen LogP contribution in [0, 0.1) is 17.1 Å². The zero-order valence-corrected chi connectivity index (χ0v) is 16.3. The molecule has 1 heterocycles. The summed E-state index contributed by atoms with van der Waals surface area (Å²) in [6, 6.07) is 22.4. The lowest BCUT2D eigenvalue weighted by Gasteiger charge is -2.07. The molecular formula is C24H17FN4O2. The zero-order chi connectivity index (χ0) is 21.6. The van der Waals surface area contributed by atoms with Gasteiger partial charge in [-0.15, -0.1) is 0 Å². The average Bonchev–Trinajstić information content (AvgIpc) is 3.20. The SMILES string of the molecule is N#C/C(=C/c1ccc(OCC(=O)Nc2ccccc2)cc1)c1nc2ccc(F)cc2[nH]1. The van der Waals surface area contributed by atoms with Gasteiger partial charge in [0.05, 0.1) is 16.6 Å². The molecule has 0 saturated heterocycles. The van der Waals surface area contributed by atoms with Crippen LogP contribution in [0.2, 0.25) is 0 Å². The van der Waals surface area contributed by atoms with Crippen LogP contribution in [0.15, 0.2) is 72.8 Å². The van der Waals surface area contributed by atoms with E-state index >= 15 is 0 Å². The molecule has 3 aromatic carbocycles. The molecule has 1 aromatic heterocycles. The molecule has 0 unspecified atom stereocenters. The van der Waals surface area contributed by atoms with Crippen LogP contribution in [0.1, 0.15) is 11.4 Å². The molecule has 0 saturated carbocycles. The summed E-state index contributed by atoms with van der Waals surface area (Å²) in [4.78, 5) is 19.3. The summed E-state index contributed by atoms with van der Waals surface area (Å²) in [5.41, 5.74) is 2.87. The van der Waals surface area contributed by atoms with E-state index < -0.39 is 0 Å². The van der Waals surface area contributed by atoms with Crippen LogP contribution < -0.4 is 10.1 Å². The van der Waals surface area contributed by atoms with Gasteiger partial charge in [0.2, 0.25) is 0 Å². The van der Waals surface area contributed by atoms with Gasteiger partial charge in [-0.2, -0.15) is 5.26 Å². The van der Waals surface area contributed by atoms with Gasteiger partial charge in [-0.1, -0.05) is 30.3 Å². The van der Waals surface area contributed by atoms with Gasteiger partial charge in [-0.3, -0.25) is 4.79 Å². The molecule has 0 bridgehead atoms. The van der Waals surface area contributed by atoms with Crippen molar-refractivity contribution in [2.24, 2.45) is 0 Å². The molecule has 4 rings (SSSR count). The predicted molar refractivity (Wildman–Crippen MR) is 117 cm³/mol. The van der Waals surface area contributed by atoms with E-state index in [9.17, 15) is 14.4 Å². The topological polar surface area (TPSA) is 90.8 Å². The van der Waals surface area contributed by atoms with Gasteiger partial charge in [0.15, 0.2) is 6.61 Å². The molecule has 4 aromatic rings. The van der Waals surface area contributed by atoms with E-state index in [2.05, 4.69) is 21.4 Å². The summed E-state index contributed by atoms with van der Waals surface area (Å²) in [5.74, 6) is 0.251. The number of carbonyl (C=O) groups excluding carboxylic acids is 1. The molecule has 0 aliphatic heterocycles. The van der Waals surface area contributed by atoms with Gasteiger partial charge in [0.1, 0.15) is 23.5 Å². The number of ether oxygens (including phenoxy) is 1. The molecule has 0 fully saturated rings. The lowest BCUT2D eigenvalue weighted by atomic mass is 10.1. The first-order chi connectivity index (χ1) is 15.1. The fourth-order valence-corrected chi connectivity index (χ4v) is 2.96. The summed E-state index contributed by atoms with van der Waals surface area (Å²) in [6.07, 6.45) is 1.67. The Morgan fingerprint density at radius 1 is 1.13 bits per heavy atom. The van der Waals surface area contributed by atoms with Crippen LogP contribution in [-0.2, 0) is 4.79 Å². The van der Waals surface area contributed by atoms with Crippen molar-refractivity contribution in [3.05, 3.63) is 90.0 Å². The molecule has 0 atom stereocenters. The fraction of sp³-hybridized carbons (Fsp3) is 0.0417. The molecule has 2 N–H and O–H groups in total. The Morgan fingerprint density at radius 3 is 2.65 bits per heavy atom. The Balaban J connectivity index is 1.42. The second-order valence-corrected chi connectivity index (χ2v) is 6.69. The number of hydrogen-bond donors (Lipinski definition) is 2. The van der Waals surface area contributed by atoms with Gasteiger partial charge in [0.25, 0.3) is 5.91 Å². The lowest BCUT2D eigenvalue weighted by molar-refractivity contribution is -0.118. The largest absolute Gasteiger partial charge is 0.484 e. The van der Waals surface area contributed by atoms with E-state index in [0.29, 0.717) is 33.9 Å². The first-order valence-corrected chi connectivity index (χ1v) is 9.46. The predicted octanol–water partition coefficient (Wildman–Crippen LogP) is 4.78. The number of amides is 1. The Kier molecular flexibility index (Phi) is 5.72. The molecule has 0 spiro atoms. The van der Waals surface area contributed by atoms with Crippen LogP contribution in [0.4, 0.5) is 10.1 Å². The maximum absolute atomic E-state index is 13.4. The van der Waals surface area contributed by atoms with Crippen molar-refractivity contribution in [1.29, 1.82) is 5.26 Å². The van der Waals surface area contributed by atoms with E-state index in [1.54, 1.807) is 48.5 Å². The number of nitrogens with zero attached hydrogens (tertiary/aromatic N) is 2. The maximum atomic E-state index is 13.4. The zero-order valence-electron chi connectivity index (χ0n) is 16.3. The Bertz CT molecular complexity index is 1290. The van der Waals surface area contributed by atoms with Crippen LogP contribution in [0.25, 0.3) is 22.7 Å². The van der Waals surface area contributed by atoms with E-state index in [0.717, 1.165) is 5.56 Å². The van der Waals surface area contributed by atoms with Crippen LogP contribution in [0.3, 0.4) is 0 Å². The second kappa shape index (κ2) is 8.93. The van der Waals surface area contributed by atoms with Gasteiger partial charge in [-0.05, 0) is 54.1 Å². The number of aromatic nitrogens is 2. The Labute approximate surface area is 177 Å². The normalized spacial score (nSPS) is 11.2.